The standard InChI is InChI=1S/C26H40N2S2/c1-19(2)29-27-17-25(5,6)23-13-9-21(10-14-23)22-11-15-24(16-12-22)26(7,8)18-28-30-20(3)4/h9-16,19-20,27-28H,17-18H2,1-8H3. The molecule has 166 valence electrons. The van der Waals surface area contributed by atoms with Gasteiger partial charge in [0.25, 0.3) is 0 Å². The molecular formula is C26H40N2S2. The number of hydrogen-bond acceptors (Lipinski definition) is 4. The second-order valence-corrected chi connectivity index (χ2v) is 12.8. The first kappa shape index (κ1) is 25.3. The molecule has 30 heavy (non-hydrogen) atoms. The summed E-state index contributed by atoms with van der Waals surface area (Å²) in [5, 5.41) is 1.20. The van der Waals surface area contributed by atoms with Crippen LogP contribution in [0.3, 0.4) is 0 Å². The van der Waals surface area contributed by atoms with Crippen molar-refractivity contribution < 1.29 is 0 Å². The third kappa shape index (κ3) is 7.64. The van der Waals surface area contributed by atoms with E-state index in [0.717, 1.165) is 13.1 Å². The SMILES string of the molecule is CC(C)SNCC(C)(C)c1ccc(-c2ccc(C(C)(C)CNSC(C)C)cc2)cc1. The minimum Gasteiger partial charge on any atom is -0.263 e. The van der Waals surface area contributed by atoms with E-state index in [1.807, 2.05) is 0 Å². The first-order valence-corrected chi connectivity index (χ1v) is 12.8. The Kier molecular flexibility index (Phi) is 9.35. The highest BCUT2D eigenvalue weighted by Crippen LogP contribution is 2.29. The number of nitrogens with one attached hydrogen (secondary N) is 2. The minimum atomic E-state index is 0.106. The molecule has 0 saturated heterocycles. The summed E-state index contributed by atoms with van der Waals surface area (Å²) < 4.78 is 7.04. The Morgan fingerprint density at radius 1 is 0.600 bits per heavy atom. The maximum absolute atomic E-state index is 3.52. The zero-order chi connectivity index (χ0) is 22.4. The molecular weight excluding hydrogens is 404 g/mol. The van der Waals surface area contributed by atoms with Crippen molar-refractivity contribution in [1.82, 2.24) is 9.44 Å². The van der Waals surface area contributed by atoms with Crippen molar-refractivity contribution in [3.05, 3.63) is 59.7 Å². The molecule has 2 N–H and O–H groups in total. The Bertz CT molecular complexity index is 695. The van der Waals surface area contributed by atoms with Gasteiger partial charge >= 0.3 is 0 Å². The summed E-state index contributed by atoms with van der Waals surface area (Å²) in [5.41, 5.74) is 5.50. The van der Waals surface area contributed by atoms with E-state index in [-0.39, 0.29) is 10.8 Å². The summed E-state index contributed by atoms with van der Waals surface area (Å²) in [6.45, 7) is 20.0. The molecule has 0 bridgehead atoms. The van der Waals surface area contributed by atoms with Crippen LogP contribution in [0.4, 0.5) is 0 Å². The Hall–Kier alpha value is -0.940. The predicted molar refractivity (Wildman–Crippen MR) is 139 cm³/mol. The Morgan fingerprint density at radius 2 is 0.900 bits per heavy atom. The third-order valence-corrected chi connectivity index (χ3v) is 6.90. The zero-order valence-corrected chi connectivity index (χ0v) is 21.6. The largest absolute Gasteiger partial charge is 0.263 e. The maximum atomic E-state index is 3.52. The van der Waals surface area contributed by atoms with Gasteiger partial charge in [-0.25, -0.2) is 0 Å². The second kappa shape index (κ2) is 11.1. The fourth-order valence-corrected chi connectivity index (χ4v) is 4.76. The highest BCUT2D eigenvalue weighted by atomic mass is 32.2. The van der Waals surface area contributed by atoms with Crippen LogP contribution in [0.2, 0.25) is 0 Å². The Morgan fingerprint density at radius 3 is 1.17 bits per heavy atom. The lowest BCUT2D eigenvalue weighted by Crippen LogP contribution is -2.30. The van der Waals surface area contributed by atoms with E-state index in [2.05, 4.69) is 113 Å². The lowest BCUT2D eigenvalue weighted by Gasteiger charge is -2.27. The lowest BCUT2D eigenvalue weighted by atomic mass is 9.83. The van der Waals surface area contributed by atoms with E-state index >= 15 is 0 Å². The molecule has 0 fully saturated rings. The molecule has 0 aliphatic heterocycles. The Balaban J connectivity index is 2.04. The topological polar surface area (TPSA) is 24.1 Å². The first-order chi connectivity index (χ1) is 14.0. The normalized spacial score (nSPS) is 12.7. The van der Waals surface area contributed by atoms with Crippen molar-refractivity contribution in [1.29, 1.82) is 0 Å². The summed E-state index contributed by atoms with van der Waals surface area (Å²) in [6.07, 6.45) is 0. The zero-order valence-electron chi connectivity index (χ0n) is 20.0. The highest BCUT2D eigenvalue weighted by Gasteiger charge is 2.22. The van der Waals surface area contributed by atoms with E-state index in [1.54, 1.807) is 23.9 Å². The summed E-state index contributed by atoms with van der Waals surface area (Å²) in [4.78, 5) is 0. The van der Waals surface area contributed by atoms with E-state index < -0.39 is 0 Å². The van der Waals surface area contributed by atoms with Crippen LogP contribution in [0.25, 0.3) is 11.1 Å². The van der Waals surface area contributed by atoms with Crippen molar-refractivity contribution in [3.63, 3.8) is 0 Å². The van der Waals surface area contributed by atoms with Crippen LogP contribution in [-0.4, -0.2) is 23.6 Å². The first-order valence-electron chi connectivity index (χ1n) is 11.0. The fourth-order valence-electron chi connectivity index (χ4n) is 3.21. The van der Waals surface area contributed by atoms with E-state index in [4.69, 9.17) is 0 Å². The minimum absolute atomic E-state index is 0.106. The van der Waals surface area contributed by atoms with Crippen LogP contribution in [-0.2, 0) is 10.8 Å². The van der Waals surface area contributed by atoms with Gasteiger partial charge in [-0.05, 0) is 22.3 Å². The molecule has 0 unspecified atom stereocenters. The molecule has 0 saturated carbocycles. The molecule has 0 atom stereocenters. The summed E-state index contributed by atoms with van der Waals surface area (Å²) >= 11 is 3.61. The molecule has 0 amide bonds. The van der Waals surface area contributed by atoms with Crippen molar-refractivity contribution in [2.24, 2.45) is 0 Å². The molecule has 0 aliphatic carbocycles. The number of benzene rings is 2. The van der Waals surface area contributed by atoms with Gasteiger partial charge in [-0.15, -0.1) is 0 Å². The van der Waals surface area contributed by atoms with Crippen molar-refractivity contribution in [3.8, 4) is 11.1 Å². The van der Waals surface area contributed by atoms with Crippen LogP contribution in [0.15, 0.2) is 48.5 Å². The second-order valence-electron chi connectivity index (χ2n) is 9.90. The van der Waals surface area contributed by atoms with Crippen LogP contribution in [0.5, 0.6) is 0 Å². The van der Waals surface area contributed by atoms with E-state index in [9.17, 15) is 0 Å². The molecule has 4 heteroatoms. The van der Waals surface area contributed by atoms with Crippen LogP contribution < -0.4 is 9.44 Å². The van der Waals surface area contributed by atoms with Crippen molar-refractivity contribution >= 4 is 23.9 Å². The maximum Gasteiger partial charge on any atom is 0.0150 e. The van der Waals surface area contributed by atoms with Crippen LogP contribution >= 0.6 is 23.9 Å². The van der Waals surface area contributed by atoms with E-state index in [1.165, 1.54) is 22.3 Å². The number of hydrogen-bond donors (Lipinski definition) is 2. The quantitative estimate of drug-likeness (QED) is 0.358. The smallest absolute Gasteiger partial charge is 0.0150 e. The molecule has 0 aliphatic rings. The van der Waals surface area contributed by atoms with Gasteiger partial charge in [-0.2, -0.15) is 0 Å². The van der Waals surface area contributed by atoms with Crippen LogP contribution in [0, 0.1) is 0 Å². The molecule has 2 rings (SSSR count). The summed E-state index contributed by atoms with van der Waals surface area (Å²) in [7, 11) is 0. The van der Waals surface area contributed by atoms with Crippen molar-refractivity contribution in [2.75, 3.05) is 13.1 Å². The van der Waals surface area contributed by atoms with Crippen molar-refractivity contribution in [2.45, 2.75) is 76.7 Å². The monoisotopic (exact) mass is 444 g/mol. The van der Waals surface area contributed by atoms with E-state index in [0.29, 0.717) is 10.5 Å². The predicted octanol–water partition coefficient (Wildman–Crippen LogP) is 7.20. The Labute approximate surface area is 193 Å². The molecule has 0 heterocycles. The lowest BCUT2D eigenvalue weighted by molar-refractivity contribution is 0.522. The molecule has 2 aromatic carbocycles. The molecule has 0 aromatic heterocycles. The average Bonchev–Trinajstić information content (AvgIpc) is 2.67. The fraction of sp³-hybridized carbons (Fsp3) is 0.538. The van der Waals surface area contributed by atoms with Gasteiger partial charge in [0.05, 0.1) is 0 Å². The van der Waals surface area contributed by atoms with Gasteiger partial charge in [0.1, 0.15) is 0 Å². The van der Waals surface area contributed by atoms with Gasteiger partial charge in [-0.3, -0.25) is 9.44 Å². The highest BCUT2D eigenvalue weighted by molar-refractivity contribution is 7.98. The molecule has 2 aromatic rings. The number of rotatable bonds is 11. The average molecular weight is 445 g/mol. The van der Waals surface area contributed by atoms with Gasteiger partial charge in [-0.1, -0.05) is 128 Å². The van der Waals surface area contributed by atoms with Gasteiger partial charge in [0.2, 0.25) is 0 Å². The summed E-state index contributed by atoms with van der Waals surface area (Å²) in [6, 6.07) is 18.1. The van der Waals surface area contributed by atoms with Gasteiger partial charge < -0.3 is 0 Å². The molecule has 2 nitrogen and oxygen atoms in total. The third-order valence-electron chi connectivity index (χ3n) is 5.33. The molecule has 0 radical (unpaired) electrons. The van der Waals surface area contributed by atoms with Crippen LogP contribution in [0.1, 0.15) is 66.5 Å². The summed E-state index contributed by atoms with van der Waals surface area (Å²) in [5.74, 6) is 0. The van der Waals surface area contributed by atoms with Gasteiger partial charge in [0.15, 0.2) is 0 Å². The molecule has 0 spiro atoms. The van der Waals surface area contributed by atoms with Gasteiger partial charge in [0, 0.05) is 34.4 Å².